The number of carbonyl (C=O) groups is 3. The van der Waals surface area contributed by atoms with Gasteiger partial charge in [-0.15, -0.1) is 0 Å². The molecule has 0 spiro atoms. The van der Waals surface area contributed by atoms with Crippen LogP contribution in [0, 0.1) is 28.6 Å². The van der Waals surface area contributed by atoms with E-state index in [1.807, 2.05) is 0 Å². The average Bonchev–Trinajstić information content (AvgIpc) is 2.87. The summed E-state index contributed by atoms with van der Waals surface area (Å²) >= 11 is 6.26. The molecule has 0 aromatic heterocycles. The number of carbonyl (C=O) groups excluding carboxylic acids is 3. The quantitative estimate of drug-likeness (QED) is 0.680. The average molecular weight is 413 g/mol. The lowest BCUT2D eigenvalue weighted by molar-refractivity contribution is -0.174. The second-order valence-corrected chi connectivity index (χ2v) is 10.1. The molecule has 3 fully saturated rings. The van der Waals surface area contributed by atoms with Gasteiger partial charge in [-0.05, 0) is 43.6 Å². The third-order valence-electron chi connectivity index (χ3n) is 8.55. The first kappa shape index (κ1) is 20.2. The number of rotatable bonds is 2. The van der Waals surface area contributed by atoms with E-state index in [1.54, 1.807) is 13.8 Å². The van der Waals surface area contributed by atoms with Gasteiger partial charge in [0.2, 0.25) is 0 Å². The molecule has 0 bridgehead atoms. The van der Waals surface area contributed by atoms with Crippen molar-refractivity contribution in [3.05, 3.63) is 11.6 Å². The summed E-state index contributed by atoms with van der Waals surface area (Å²) in [7, 11) is 0. The molecular weight excluding hydrogens is 387 g/mol. The Kier molecular flexibility index (Phi) is 4.29. The zero-order chi connectivity index (χ0) is 20.7. The van der Waals surface area contributed by atoms with Gasteiger partial charge in [0.1, 0.15) is 18.0 Å². The normalized spacial score (nSPS) is 50.5. The van der Waals surface area contributed by atoms with Crippen molar-refractivity contribution in [3.8, 4) is 0 Å². The van der Waals surface area contributed by atoms with Crippen LogP contribution in [0.15, 0.2) is 11.6 Å². The van der Waals surface area contributed by atoms with Crippen molar-refractivity contribution >= 4 is 29.0 Å². The fourth-order valence-corrected chi connectivity index (χ4v) is 7.37. The maximum atomic E-state index is 15.6. The van der Waals surface area contributed by atoms with Crippen LogP contribution in [0.5, 0.6) is 0 Å². The van der Waals surface area contributed by atoms with Crippen LogP contribution in [0.3, 0.4) is 0 Å². The molecule has 4 aliphatic rings. The van der Waals surface area contributed by atoms with Gasteiger partial charge in [-0.25, -0.2) is 4.39 Å². The van der Waals surface area contributed by atoms with Gasteiger partial charge in [0.15, 0.2) is 16.7 Å². The zero-order valence-corrected chi connectivity index (χ0v) is 16.9. The van der Waals surface area contributed by atoms with Crippen molar-refractivity contribution < 1.29 is 29.0 Å². The highest BCUT2D eigenvalue weighted by molar-refractivity contribution is 6.26. The first-order valence-corrected chi connectivity index (χ1v) is 10.3. The molecule has 5 nitrogen and oxygen atoms in total. The number of hydrogen-bond donors (Lipinski definition) is 2. The van der Waals surface area contributed by atoms with E-state index in [0.29, 0.717) is 24.8 Å². The monoisotopic (exact) mass is 412 g/mol. The minimum Gasteiger partial charge on any atom is -0.388 e. The highest BCUT2D eigenvalue weighted by Crippen LogP contribution is 2.69. The fourth-order valence-electron chi connectivity index (χ4n) is 7.00. The van der Waals surface area contributed by atoms with Gasteiger partial charge in [0.25, 0.3) is 0 Å². The summed E-state index contributed by atoms with van der Waals surface area (Å²) in [4.78, 5) is 37.7. The molecule has 154 valence electrons. The molecule has 7 heteroatoms. The number of allylic oxidation sites excluding steroid dienone is 1. The number of hydrogen-bond acceptors (Lipinski definition) is 5. The van der Waals surface area contributed by atoms with Gasteiger partial charge in [-0.1, -0.05) is 31.0 Å². The summed E-state index contributed by atoms with van der Waals surface area (Å²) in [5.74, 6) is -2.31. The van der Waals surface area contributed by atoms with Gasteiger partial charge < -0.3 is 10.2 Å². The van der Waals surface area contributed by atoms with E-state index in [2.05, 4.69) is 0 Å². The Morgan fingerprint density at radius 1 is 1.29 bits per heavy atom. The van der Waals surface area contributed by atoms with Crippen molar-refractivity contribution in [1.29, 1.82) is 0 Å². The Morgan fingerprint density at radius 2 is 1.96 bits per heavy atom. The second-order valence-electron chi connectivity index (χ2n) is 9.55. The van der Waals surface area contributed by atoms with E-state index < -0.39 is 46.3 Å². The number of ketones is 3. The first-order chi connectivity index (χ1) is 12.9. The second kappa shape index (κ2) is 5.96. The highest BCUT2D eigenvalue weighted by Gasteiger charge is 2.71. The minimum atomic E-state index is -2.34. The van der Waals surface area contributed by atoms with Crippen LogP contribution in [-0.2, 0) is 14.4 Å². The van der Waals surface area contributed by atoms with Crippen LogP contribution >= 0.6 is 11.6 Å². The first-order valence-electron chi connectivity index (χ1n) is 9.93. The number of Topliss-reactive ketones (excluding diaryl/α,β-unsaturated/α-hetero) is 2. The van der Waals surface area contributed by atoms with E-state index in [1.165, 1.54) is 6.08 Å². The highest BCUT2D eigenvalue weighted by atomic mass is 35.5. The summed E-state index contributed by atoms with van der Waals surface area (Å²) in [6, 6.07) is 0. The van der Waals surface area contributed by atoms with E-state index in [9.17, 15) is 24.6 Å². The molecule has 0 heterocycles. The SMILES string of the molecule is C[C@@]12C(=CC(=O)CC1(F)Cl)CC[C@@H]1[C@@H]2C(=O)C[C@@]2(C)[C@H]1CC[C@]2(O)C(=O)CO. The zero-order valence-electron chi connectivity index (χ0n) is 16.1. The summed E-state index contributed by atoms with van der Waals surface area (Å²) < 4.78 is 15.6. The van der Waals surface area contributed by atoms with Gasteiger partial charge in [0.05, 0.1) is 6.42 Å². The van der Waals surface area contributed by atoms with E-state index in [0.717, 1.165) is 0 Å². The van der Waals surface area contributed by atoms with Gasteiger partial charge >= 0.3 is 0 Å². The molecule has 0 amide bonds. The van der Waals surface area contributed by atoms with Crippen LogP contribution in [0.2, 0.25) is 0 Å². The molecule has 2 N–H and O–H groups in total. The number of halogens is 2. The molecule has 4 rings (SSSR count). The van der Waals surface area contributed by atoms with Crippen molar-refractivity contribution in [3.63, 3.8) is 0 Å². The van der Waals surface area contributed by atoms with E-state index in [4.69, 9.17) is 11.6 Å². The van der Waals surface area contributed by atoms with Crippen LogP contribution in [0.25, 0.3) is 0 Å². The molecule has 0 radical (unpaired) electrons. The molecule has 0 saturated heterocycles. The Morgan fingerprint density at radius 3 is 2.61 bits per heavy atom. The lowest BCUT2D eigenvalue weighted by Gasteiger charge is -2.59. The van der Waals surface area contributed by atoms with Gasteiger partial charge in [0, 0.05) is 23.2 Å². The number of aliphatic hydroxyl groups is 2. The topological polar surface area (TPSA) is 91.7 Å². The molecule has 0 aromatic rings. The molecule has 1 unspecified atom stereocenters. The largest absolute Gasteiger partial charge is 0.388 e. The minimum absolute atomic E-state index is 0.0646. The molecular formula is C21H26ClFO5. The van der Waals surface area contributed by atoms with Crippen LogP contribution in [0.4, 0.5) is 4.39 Å². The van der Waals surface area contributed by atoms with Crippen molar-refractivity contribution in [2.24, 2.45) is 28.6 Å². The molecule has 0 aliphatic heterocycles. The summed E-state index contributed by atoms with van der Waals surface area (Å²) in [5.41, 5.74) is -3.41. The molecule has 7 atom stereocenters. The number of aliphatic hydroxyl groups excluding tert-OH is 1. The molecule has 4 aliphatic carbocycles. The van der Waals surface area contributed by atoms with Crippen LogP contribution in [-0.4, -0.2) is 44.9 Å². The van der Waals surface area contributed by atoms with Crippen molar-refractivity contribution in [2.45, 2.75) is 63.1 Å². The lowest BCUT2D eigenvalue weighted by Crippen LogP contribution is -2.63. The molecule has 0 aromatic carbocycles. The Bertz CT molecular complexity index is 807. The molecule has 28 heavy (non-hydrogen) atoms. The number of alkyl halides is 2. The maximum absolute atomic E-state index is 15.6. The van der Waals surface area contributed by atoms with Gasteiger partial charge in [-0.3, -0.25) is 14.4 Å². The summed E-state index contributed by atoms with van der Waals surface area (Å²) in [6.45, 7) is 2.62. The standard InChI is InChI=1S/C21H26ClFO5/c1-18-9-15(26)17-13(14(18)5-6-20(18,28)16(27)10-24)4-3-11-7-12(25)8-21(22,23)19(11,17)2/h7,13-14,17,24,28H,3-6,8-10H2,1-2H3/t13-,14-,17+,18-,19-,20-,21?/m0/s1. The Labute approximate surface area is 168 Å². The summed E-state index contributed by atoms with van der Waals surface area (Å²) in [5, 5.41) is 18.2. The van der Waals surface area contributed by atoms with Crippen LogP contribution in [0.1, 0.15) is 52.4 Å². The van der Waals surface area contributed by atoms with Crippen LogP contribution < -0.4 is 0 Å². The third-order valence-corrected chi connectivity index (χ3v) is 9.07. The van der Waals surface area contributed by atoms with E-state index >= 15 is 4.39 Å². The van der Waals surface area contributed by atoms with E-state index in [-0.39, 0.29) is 36.2 Å². The predicted octanol–water partition coefficient (Wildman–Crippen LogP) is 2.50. The lowest BCUT2D eigenvalue weighted by atomic mass is 9.45. The smallest absolute Gasteiger partial charge is 0.200 e. The van der Waals surface area contributed by atoms with Crippen molar-refractivity contribution in [2.75, 3.05) is 6.61 Å². The number of fused-ring (bicyclic) bond motifs is 5. The Hall–Kier alpha value is -1.11. The predicted molar refractivity (Wildman–Crippen MR) is 99.2 cm³/mol. The summed E-state index contributed by atoms with van der Waals surface area (Å²) in [6.07, 6.45) is 2.70. The van der Waals surface area contributed by atoms with Crippen molar-refractivity contribution in [1.82, 2.24) is 0 Å². The maximum Gasteiger partial charge on any atom is 0.200 e. The fraction of sp³-hybridized carbons (Fsp3) is 0.762. The third kappa shape index (κ3) is 2.23. The Balaban J connectivity index is 1.80. The molecule has 3 saturated carbocycles. The van der Waals surface area contributed by atoms with Gasteiger partial charge in [-0.2, -0.15) is 0 Å².